The second-order valence-corrected chi connectivity index (χ2v) is 7.23. The lowest BCUT2D eigenvalue weighted by atomic mass is 9.62. The Hall–Kier alpha value is -2.76. The van der Waals surface area contributed by atoms with E-state index in [-0.39, 0.29) is 23.1 Å². The summed E-state index contributed by atoms with van der Waals surface area (Å²) < 4.78 is 0. The minimum atomic E-state index is -0.147. The van der Waals surface area contributed by atoms with Crippen LogP contribution >= 0.6 is 0 Å². The van der Waals surface area contributed by atoms with Gasteiger partial charge in [-0.2, -0.15) is 0 Å². The predicted octanol–water partition coefficient (Wildman–Crippen LogP) is 2.04. The highest BCUT2D eigenvalue weighted by molar-refractivity contribution is 5.95. The highest BCUT2D eigenvalue weighted by Gasteiger charge is 2.54. The Morgan fingerprint density at radius 2 is 1.96 bits per heavy atom. The Morgan fingerprint density at radius 3 is 2.62 bits per heavy atom. The normalized spacial score (nSPS) is 20.6. The fraction of sp³-hybridized carbons (Fsp3) is 0.400. The van der Waals surface area contributed by atoms with Gasteiger partial charge in [-0.05, 0) is 37.1 Å². The number of likely N-dealkylation sites (tertiary alicyclic amines) is 1. The third-order valence-corrected chi connectivity index (χ3v) is 5.70. The van der Waals surface area contributed by atoms with Crippen LogP contribution in [0.15, 0.2) is 48.9 Å². The van der Waals surface area contributed by atoms with Crippen LogP contribution in [0.3, 0.4) is 0 Å². The molecule has 134 valence electrons. The molecule has 2 amide bonds. The van der Waals surface area contributed by atoms with Crippen LogP contribution in [-0.4, -0.2) is 39.8 Å². The Balaban J connectivity index is 1.45. The first-order chi connectivity index (χ1) is 12.7. The van der Waals surface area contributed by atoms with Crippen LogP contribution < -0.4 is 5.32 Å². The molecule has 6 heteroatoms. The molecule has 1 spiro atoms. The van der Waals surface area contributed by atoms with Crippen molar-refractivity contribution in [3.8, 4) is 0 Å². The summed E-state index contributed by atoms with van der Waals surface area (Å²) in [7, 11) is 0. The first kappa shape index (κ1) is 16.7. The number of nitrogens with zero attached hydrogens (tertiary/aromatic N) is 3. The smallest absolute Gasteiger partial charge is 0.254 e. The lowest BCUT2D eigenvalue weighted by Gasteiger charge is -2.41. The molecule has 1 saturated carbocycles. The summed E-state index contributed by atoms with van der Waals surface area (Å²) in [6, 6.07) is 9.11. The van der Waals surface area contributed by atoms with Crippen LogP contribution in [-0.2, 0) is 11.3 Å². The van der Waals surface area contributed by atoms with Crippen molar-refractivity contribution in [3.05, 3.63) is 60.2 Å². The van der Waals surface area contributed by atoms with E-state index < -0.39 is 0 Å². The van der Waals surface area contributed by atoms with Gasteiger partial charge in [-0.3, -0.25) is 19.6 Å². The molecule has 2 aromatic heterocycles. The molecule has 2 aromatic rings. The number of amides is 2. The van der Waals surface area contributed by atoms with Gasteiger partial charge in [-0.25, -0.2) is 0 Å². The lowest BCUT2D eigenvalue weighted by Crippen LogP contribution is -2.45. The van der Waals surface area contributed by atoms with E-state index >= 15 is 0 Å². The van der Waals surface area contributed by atoms with Gasteiger partial charge < -0.3 is 10.2 Å². The van der Waals surface area contributed by atoms with E-state index in [1.54, 1.807) is 30.7 Å². The van der Waals surface area contributed by atoms with Gasteiger partial charge in [-0.15, -0.1) is 0 Å². The summed E-state index contributed by atoms with van der Waals surface area (Å²) in [4.78, 5) is 35.7. The zero-order valence-corrected chi connectivity index (χ0v) is 14.6. The van der Waals surface area contributed by atoms with E-state index in [1.165, 1.54) is 0 Å². The first-order valence-electron chi connectivity index (χ1n) is 9.05. The number of aromatic nitrogens is 2. The monoisotopic (exact) mass is 350 g/mol. The summed E-state index contributed by atoms with van der Waals surface area (Å²) in [5.74, 6) is -0.134. The van der Waals surface area contributed by atoms with Gasteiger partial charge in [0.25, 0.3) is 5.91 Å². The average Bonchev–Trinajstić information content (AvgIpc) is 3.08. The highest BCUT2D eigenvalue weighted by atomic mass is 16.2. The molecule has 1 aliphatic heterocycles. The molecule has 26 heavy (non-hydrogen) atoms. The van der Waals surface area contributed by atoms with Crippen molar-refractivity contribution < 1.29 is 9.59 Å². The van der Waals surface area contributed by atoms with Gasteiger partial charge >= 0.3 is 0 Å². The summed E-state index contributed by atoms with van der Waals surface area (Å²) in [6.07, 6.45) is 8.11. The number of carbonyl (C=O) groups is 2. The van der Waals surface area contributed by atoms with Crippen molar-refractivity contribution in [3.63, 3.8) is 0 Å². The van der Waals surface area contributed by atoms with Crippen LogP contribution in [0.2, 0.25) is 0 Å². The van der Waals surface area contributed by atoms with Gasteiger partial charge in [0.1, 0.15) is 0 Å². The minimum Gasteiger partial charge on any atom is -0.350 e. The van der Waals surface area contributed by atoms with E-state index in [1.807, 2.05) is 23.1 Å². The van der Waals surface area contributed by atoms with E-state index in [2.05, 4.69) is 15.3 Å². The quantitative estimate of drug-likeness (QED) is 0.916. The molecule has 3 heterocycles. The van der Waals surface area contributed by atoms with Crippen molar-refractivity contribution in [2.24, 2.45) is 11.3 Å². The molecular formula is C20H22N4O2. The van der Waals surface area contributed by atoms with Crippen LogP contribution in [0.5, 0.6) is 0 Å². The molecular weight excluding hydrogens is 328 g/mol. The number of nitrogens with one attached hydrogen (secondary N) is 1. The molecule has 4 rings (SSSR count). The fourth-order valence-corrected chi connectivity index (χ4v) is 4.10. The van der Waals surface area contributed by atoms with Crippen molar-refractivity contribution in [1.29, 1.82) is 0 Å². The molecule has 0 radical (unpaired) electrons. The maximum absolute atomic E-state index is 12.8. The second kappa shape index (κ2) is 6.86. The summed E-state index contributed by atoms with van der Waals surface area (Å²) in [5.41, 5.74) is 1.41. The molecule has 2 fully saturated rings. The standard InChI is InChI=1S/C20H22N4O2/c25-18(23-12-16-4-1-2-9-22-16)17-13-24(14-20(17)7-3-8-20)19(26)15-5-10-21-11-6-15/h1-2,4-6,9-11,17H,3,7-8,12-14H2,(H,23,25). The maximum Gasteiger partial charge on any atom is 0.254 e. The minimum absolute atomic E-state index is 0.0151. The zero-order valence-electron chi connectivity index (χ0n) is 14.6. The molecule has 1 N–H and O–H groups in total. The number of hydrogen-bond acceptors (Lipinski definition) is 4. The fourth-order valence-electron chi connectivity index (χ4n) is 4.10. The zero-order chi connectivity index (χ0) is 18.0. The van der Waals surface area contributed by atoms with Crippen LogP contribution in [0.1, 0.15) is 35.3 Å². The Kier molecular flexibility index (Phi) is 4.41. The Labute approximate surface area is 152 Å². The molecule has 1 unspecified atom stereocenters. The molecule has 1 atom stereocenters. The lowest BCUT2D eigenvalue weighted by molar-refractivity contribution is -0.129. The number of carbonyl (C=O) groups excluding carboxylic acids is 2. The molecule has 1 saturated heterocycles. The third kappa shape index (κ3) is 3.07. The van der Waals surface area contributed by atoms with Crippen LogP contribution in [0.4, 0.5) is 0 Å². The largest absolute Gasteiger partial charge is 0.350 e. The van der Waals surface area contributed by atoms with E-state index in [4.69, 9.17) is 0 Å². The summed E-state index contributed by atoms with van der Waals surface area (Å²) in [5, 5.41) is 3.01. The van der Waals surface area contributed by atoms with Crippen molar-refractivity contribution in [2.45, 2.75) is 25.8 Å². The number of hydrogen-bond donors (Lipinski definition) is 1. The average molecular weight is 350 g/mol. The van der Waals surface area contributed by atoms with Crippen molar-refractivity contribution in [1.82, 2.24) is 20.2 Å². The molecule has 1 aliphatic carbocycles. The Morgan fingerprint density at radius 1 is 1.15 bits per heavy atom. The van der Waals surface area contributed by atoms with Gasteiger partial charge in [0.05, 0.1) is 18.2 Å². The summed E-state index contributed by atoms with van der Waals surface area (Å²) in [6.45, 7) is 1.57. The molecule has 0 aromatic carbocycles. The summed E-state index contributed by atoms with van der Waals surface area (Å²) >= 11 is 0. The Bertz CT molecular complexity index is 790. The third-order valence-electron chi connectivity index (χ3n) is 5.70. The first-order valence-corrected chi connectivity index (χ1v) is 9.05. The molecule has 6 nitrogen and oxygen atoms in total. The number of pyridine rings is 2. The van der Waals surface area contributed by atoms with E-state index in [0.29, 0.717) is 25.2 Å². The maximum atomic E-state index is 12.8. The van der Waals surface area contributed by atoms with Crippen LogP contribution in [0, 0.1) is 11.3 Å². The second-order valence-electron chi connectivity index (χ2n) is 7.23. The molecule has 0 bridgehead atoms. The van der Waals surface area contributed by atoms with E-state index in [0.717, 1.165) is 25.0 Å². The highest BCUT2D eigenvalue weighted by Crippen LogP contribution is 2.51. The topological polar surface area (TPSA) is 75.2 Å². The number of rotatable bonds is 4. The molecule has 2 aliphatic rings. The van der Waals surface area contributed by atoms with Crippen molar-refractivity contribution >= 4 is 11.8 Å². The van der Waals surface area contributed by atoms with Gasteiger partial charge in [-0.1, -0.05) is 12.5 Å². The van der Waals surface area contributed by atoms with Gasteiger partial charge in [0, 0.05) is 42.7 Å². The van der Waals surface area contributed by atoms with E-state index in [9.17, 15) is 9.59 Å². The van der Waals surface area contributed by atoms with Crippen LogP contribution in [0.25, 0.3) is 0 Å². The van der Waals surface area contributed by atoms with Gasteiger partial charge in [0.2, 0.25) is 5.91 Å². The predicted molar refractivity (Wildman–Crippen MR) is 96.0 cm³/mol. The van der Waals surface area contributed by atoms with Crippen molar-refractivity contribution in [2.75, 3.05) is 13.1 Å². The SMILES string of the molecule is O=C(NCc1ccccn1)C1CN(C(=O)c2ccncc2)CC12CCC2. The van der Waals surface area contributed by atoms with Gasteiger partial charge in [0.15, 0.2) is 0 Å².